The molecule has 0 aromatic heterocycles. The van der Waals surface area contributed by atoms with Crippen LogP contribution in [0.1, 0.15) is 24.8 Å². The van der Waals surface area contributed by atoms with Crippen LogP contribution >= 0.6 is 0 Å². The van der Waals surface area contributed by atoms with Gasteiger partial charge in [0, 0.05) is 25.1 Å². The number of benzene rings is 2. The monoisotopic (exact) mass is 370 g/mol. The molecule has 3 rings (SSSR count). The summed E-state index contributed by atoms with van der Waals surface area (Å²) < 4.78 is 11.6. The number of ether oxygens (including phenoxy) is 2. The van der Waals surface area contributed by atoms with E-state index < -0.39 is 4.92 Å². The average molecular weight is 370 g/mol. The summed E-state index contributed by atoms with van der Waals surface area (Å²) in [6.45, 7) is 4.58. The highest BCUT2D eigenvalue weighted by Gasteiger charge is 2.09. The zero-order chi connectivity index (χ0) is 18.9. The van der Waals surface area contributed by atoms with E-state index in [-0.39, 0.29) is 5.69 Å². The Morgan fingerprint density at radius 2 is 1.44 bits per heavy atom. The second kappa shape index (κ2) is 9.92. The van der Waals surface area contributed by atoms with Crippen molar-refractivity contribution in [1.29, 1.82) is 0 Å². The second-order valence-corrected chi connectivity index (χ2v) is 6.74. The van der Waals surface area contributed by atoms with Crippen LogP contribution in [-0.2, 0) is 6.42 Å². The molecule has 1 fully saturated rings. The van der Waals surface area contributed by atoms with Crippen LogP contribution in [0.2, 0.25) is 0 Å². The van der Waals surface area contributed by atoms with Crippen molar-refractivity contribution in [3.63, 3.8) is 0 Å². The number of hydrogen-bond acceptors (Lipinski definition) is 5. The topological polar surface area (TPSA) is 64.8 Å². The predicted octanol–water partition coefficient (Wildman–Crippen LogP) is 4.08. The quantitative estimate of drug-likeness (QED) is 0.491. The molecule has 0 atom stereocenters. The van der Waals surface area contributed by atoms with Crippen molar-refractivity contribution in [2.24, 2.45) is 0 Å². The Labute approximate surface area is 159 Å². The molecule has 1 heterocycles. The molecule has 0 unspecified atom stereocenters. The van der Waals surface area contributed by atoms with E-state index in [9.17, 15) is 10.1 Å². The summed E-state index contributed by atoms with van der Waals surface area (Å²) in [6.07, 6.45) is 4.65. The first kappa shape index (κ1) is 19.2. The molecule has 0 bridgehead atoms. The molecule has 1 aliphatic rings. The van der Waals surface area contributed by atoms with Crippen LogP contribution < -0.4 is 9.47 Å². The van der Waals surface area contributed by atoms with Crippen LogP contribution in [0.25, 0.3) is 0 Å². The standard InChI is InChI=1S/C21H26N2O4/c24-23(25)19-6-4-18(5-7-19)12-16-26-20-8-10-21(11-9-20)27-17-15-22-13-2-1-3-14-22/h4-11H,1-3,12-17H2. The van der Waals surface area contributed by atoms with Crippen molar-refractivity contribution in [3.05, 3.63) is 64.2 Å². The average Bonchev–Trinajstić information content (AvgIpc) is 2.70. The molecule has 0 saturated carbocycles. The molecule has 0 amide bonds. The van der Waals surface area contributed by atoms with Crippen molar-refractivity contribution in [1.82, 2.24) is 4.90 Å². The highest BCUT2D eigenvalue weighted by Crippen LogP contribution is 2.18. The van der Waals surface area contributed by atoms with E-state index >= 15 is 0 Å². The molecule has 144 valence electrons. The van der Waals surface area contributed by atoms with Crippen molar-refractivity contribution >= 4 is 5.69 Å². The number of non-ortho nitro benzene ring substituents is 1. The van der Waals surface area contributed by atoms with Gasteiger partial charge in [0.2, 0.25) is 0 Å². The fourth-order valence-electron chi connectivity index (χ4n) is 3.18. The minimum absolute atomic E-state index is 0.107. The molecule has 1 aliphatic heterocycles. The van der Waals surface area contributed by atoms with E-state index in [0.717, 1.165) is 23.6 Å². The molecular formula is C21H26N2O4. The molecule has 1 saturated heterocycles. The summed E-state index contributed by atoms with van der Waals surface area (Å²) in [5, 5.41) is 10.7. The van der Waals surface area contributed by atoms with Gasteiger partial charge in [-0.3, -0.25) is 15.0 Å². The zero-order valence-electron chi connectivity index (χ0n) is 15.5. The van der Waals surface area contributed by atoms with Gasteiger partial charge in [0.15, 0.2) is 0 Å². The lowest BCUT2D eigenvalue weighted by molar-refractivity contribution is -0.384. The Hall–Kier alpha value is -2.60. The molecule has 6 heteroatoms. The predicted molar refractivity (Wildman–Crippen MR) is 105 cm³/mol. The summed E-state index contributed by atoms with van der Waals surface area (Å²) in [5.74, 6) is 1.65. The summed E-state index contributed by atoms with van der Waals surface area (Å²) in [4.78, 5) is 12.7. The van der Waals surface area contributed by atoms with Crippen molar-refractivity contribution < 1.29 is 14.4 Å². The van der Waals surface area contributed by atoms with Crippen LogP contribution in [0.4, 0.5) is 5.69 Å². The van der Waals surface area contributed by atoms with Crippen LogP contribution in [0.15, 0.2) is 48.5 Å². The minimum Gasteiger partial charge on any atom is -0.493 e. The molecule has 27 heavy (non-hydrogen) atoms. The lowest BCUT2D eigenvalue weighted by Crippen LogP contribution is -2.33. The van der Waals surface area contributed by atoms with Gasteiger partial charge < -0.3 is 9.47 Å². The van der Waals surface area contributed by atoms with Crippen LogP contribution in [0.5, 0.6) is 11.5 Å². The Kier molecular flexibility index (Phi) is 7.04. The molecule has 2 aromatic carbocycles. The molecule has 6 nitrogen and oxygen atoms in total. The van der Waals surface area contributed by atoms with E-state index in [4.69, 9.17) is 9.47 Å². The van der Waals surface area contributed by atoms with Crippen molar-refractivity contribution in [2.45, 2.75) is 25.7 Å². The Morgan fingerprint density at radius 3 is 2.04 bits per heavy atom. The van der Waals surface area contributed by atoms with Gasteiger partial charge in [-0.15, -0.1) is 0 Å². The fourth-order valence-corrected chi connectivity index (χ4v) is 3.18. The van der Waals surface area contributed by atoms with Gasteiger partial charge in [-0.2, -0.15) is 0 Å². The number of piperidine rings is 1. The SMILES string of the molecule is O=[N+]([O-])c1ccc(CCOc2ccc(OCCN3CCCCC3)cc2)cc1. The summed E-state index contributed by atoms with van der Waals surface area (Å²) >= 11 is 0. The van der Waals surface area contributed by atoms with Crippen molar-refractivity contribution in [2.75, 3.05) is 32.8 Å². The third kappa shape index (κ3) is 6.25. The summed E-state index contributed by atoms with van der Waals surface area (Å²) in [6, 6.07) is 14.2. The summed E-state index contributed by atoms with van der Waals surface area (Å²) in [7, 11) is 0. The van der Waals surface area contributed by atoms with Crippen LogP contribution in [0, 0.1) is 10.1 Å². The maximum Gasteiger partial charge on any atom is 0.269 e. The zero-order valence-corrected chi connectivity index (χ0v) is 15.5. The maximum absolute atomic E-state index is 10.7. The molecule has 0 aliphatic carbocycles. The lowest BCUT2D eigenvalue weighted by atomic mass is 10.1. The third-order valence-electron chi connectivity index (χ3n) is 4.76. The van der Waals surface area contributed by atoms with Gasteiger partial charge in [0.1, 0.15) is 18.1 Å². The van der Waals surface area contributed by atoms with E-state index in [0.29, 0.717) is 19.6 Å². The molecular weight excluding hydrogens is 344 g/mol. The Balaban J connectivity index is 1.36. The first-order chi connectivity index (χ1) is 13.2. The minimum atomic E-state index is -0.392. The Morgan fingerprint density at radius 1 is 0.852 bits per heavy atom. The third-order valence-corrected chi connectivity index (χ3v) is 4.76. The Bertz CT molecular complexity index is 710. The molecule has 0 N–H and O–H groups in total. The first-order valence-electron chi connectivity index (χ1n) is 9.52. The smallest absolute Gasteiger partial charge is 0.269 e. The fraction of sp³-hybridized carbons (Fsp3) is 0.429. The van der Waals surface area contributed by atoms with E-state index in [2.05, 4.69) is 4.90 Å². The summed E-state index contributed by atoms with van der Waals surface area (Å²) in [5.41, 5.74) is 1.12. The number of likely N-dealkylation sites (tertiary alicyclic amines) is 1. The van der Waals surface area contributed by atoms with E-state index in [1.165, 1.54) is 44.5 Å². The number of rotatable bonds is 9. The largest absolute Gasteiger partial charge is 0.493 e. The molecule has 0 radical (unpaired) electrons. The van der Waals surface area contributed by atoms with Gasteiger partial charge >= 0.3 is 0 Å². The number of nitrogens with zero attached hydrogens (tertiary/aromatic N) is 2. The number of nitro benzene ring substituents is 1. The van der Waals surface area contributed by atoms with Gasteiger partial charge in [-0.25, -0.2) is 0 Å². The normalized spacial score (nSPS) is 14.7. The van der Waals surface area contributed by atoms with E-state index in [1.807, 2.05) is 24.3 Å². The van der Waals surface area contributed by atoms with Gasteiger partial charge in [-0.1, -0.05) is 18.6 Å². The highest BCUT2D eigenvalue weighted by atomic mass is 16.6. The van der Waals surface area contributed by atoms with E-state index in [1.54, 1.807) is 12.1 Å². The van der Waals surface area contributed by atoms with Crippen molar-refractivity contribution in [3.8, 4) is 11.5 Å². The highest BCUT2D eigenvalue weighted by molar-refractivity contribution is 5.33. The van der Waals surface area contributed by atoms with Gasteiger partial charge in [0.25, 0.3) is 5.69 Å². The lowest BCUT2D eigenvalue weighted by Gasteiger charge is -2.26. The number of nitro groups is 1. The first-order valence-corrected chi connectivity index (χ1v) is 9.52. The number of hydrogen-bond donors (Lipinski definition) is 0. The van der Waals surface area contributed by atoms with Gasteiger partial charge in [-0.05, 0) is 55.8 Å². The van der Waals surface area contributed by atoms with Crippen LogP contribution in [0.3, 0.4) is 0 Å². The van der Waals surface area contributed by atoms with Gasteiger partial charge in [0.05, 0.1) is 11.5 Å². The molecule has 2 aromatic rings. The second-order valence-electron chi connectivity index (χ2n) is 6.74. The maximum atomic E-state index is 10.7. The molecule has 0 spiro atoms. The van der Waals surface area contributed by atoms with Crippen LogP contribution in [-0.4, -0.2) is 42.7 Å².